The van der Waals surface area contributed by atoms with E-state index in [9.17, 15) is 14.7 Å². The number of aliphatic hydroxyl groups excluding tert-OH is 1. The topological polar surface area (TPSA) is 78.9 Å². The van der Waals surface area contributed by atoms with Gasteiger partial charge in [0.2, 0.25) is 5.91 Å². The molecule has 146 valence electrons. The van der Waals surface area contributed by atoms with Crippen LogP contribution in [-0.4, -0.2) is 54.7 Å². The molecular weight excluding hydrogens is 344 g/mol. The van der Waals surface area contributed by atoms with Crippen molar-refractivity contribution in [3.8, 4) is 0 Å². The number of esters is 1. The van der Waals surface area contributed by atoms with Crippen LogP contribution in [0.15, 0.2) is 24.3 Å². The Hall–Kier alpha value is -1.92. The van der Waals surface area contributed by atoms with Crippen LogP contribution in [0.3, 0.4) is 0 Å². The molecule has 6 nitrogen and oxygen atoms in total. The molecular formula is C21H28N2O4. The summed E-state index contributed by atoms with van der Waals surface area (Å²) in [6, 6.07) is 8.00. The van der Waals surface area contributed by atoms with Crippen molar-refractivity contribution in [2.75, 3.05) is 32.1 Å². The van der Waals surface area contributed by atoms with Gasteiger partial charge < -0.3 is 15.2 Å². The average molecular weight is 372 g/mol. The van der Waals surface area contributed by atoms with Gasteiger partial charge in [-0.1, -0.05) is 31.5 Å². The standard InChI is InChI=1S/C21H28N2O4/c1-3-13-11-23-9-8-21(16-6-4-5-7-17(16)22-20(21)26)18(23)10-14(13)15(12-24)19(25)27-2/h4-7,13-15,18,24H,3,8-12H2,1-2H3,(H,22,26)/t13-,14-,15?,18-,21-/m0/s1. The zero-order valence-electron chi connectivity index (χ0n) is 16.0. The van der Waals surface area contributed by atoms with E-state index in [1.165, 1.54) is 7.11 Å². The SMILES string of the molecule is CC[C@H]1CN2CC[C@@]3(C(=O)Nc4ccccc43)[C@@H]2C[C@@H]1C(CO)C(=O)OC. The van der Waals surface area contributed by atoms with Crippen molar-refractivity contribution in [3.63, 3.8) is 0 Å². The zero-order chi connectivity index (χ0) is 19.2. The second kappa shape index (κ2) is 6.91. The molecule has 1 aromatic rings. The third kappa shape index (κ3) is 2.61. The molecule has 2 N–H and O–H groups in total. The summed E-state index contributed by atoms with van der Waals surface area (Å²) in [4.78, 5) is 27.8. The summed E-state index contributed by atoms with van der Waals surface area (Å²) in [5, 5.41) is 13.0. The number of anilines is 1. The van der Waals surface area contributed by atoms with Crippen molar-refractivity contribution < 1.29 is 19.4 Å². The van der Waals surface area contributed by atoms with Crippen molar-refractivity contribution in [2.24, 2.45) is 17.8 Å². The lowest BCUT2D eigenvalue weighted by Crippen LogP contribution is -2.55. The molecule has 1 spiro atoms. The van der Waals surface area contributed by atoms with Crippen molar-refractivity contribution in [1.82, 2.24) is 4.90 Å². The minimum absolute atomic E-state index is 0.0178. The number of carbonyl (C=O) groups excluding carboxylic acids is 2. The van der Waals surface area contributed by atoms with Gasteiger partial charge >= 0.3 is 5.97 Å². The fraction of sp³-hybridized carbons (Fsp3) is 0.619. The summed E-state index contributed by atoms with van der Waals surface area (Å²) in [6.45, 7) is 3.66. The fourth-order valence-electron chi connectivity index (χ4n) is 5.79. The molecule has 1 unspecified atom stereocenters. The van der Waals surface area contributed by atoms with Crippen LogP contribution in [0, 0.1) is 17.8 Å². The fourth-order valence-corrected chi connectivity index (χ4v) is 5.79. The molecule has 0 aliphatic carbocycles. The normalized spacial score (nSPS) is 33.4. The van der Waals surface area contributed by atoms with Gasteiger partial charge in [0.25, 0.3) is 0 Å². The Morgan fingerprint density at radius 1 is 1.44 bits per heavy atom. The van der Waals surface area contributed by atoms with Gasteiger partial charge in [-0.3, -0.25) is 14.5 Å². The first-order valence-corrected chi connectivity index (χ1v) is 9.90. The van der Waals surface area contributed by atoms with E-state index < -0.39 is 11.3 Å². The van der Waals surface area contributed by atoms with Gasteiger partial charge in [0.05, 0.1) is 25.0 Å². The van der Waals surface area contributed by atoms with E-state index in [1.807, 2.05) is 18.2 Å². The Morgan fingerprint density at radius 3 is 2.93 bits per heavy atom. The summed E-state index contributed by atoms with van der Waals surface area (Å²) in [5.41, 5.74) is 1.43. The number of amides is 1. The third-order valence-corrected chi connectivity index (χ3v) is 7.18. The Morgan fingerprint density at radius 2 is 2.22 bits per heavy atom. The maximum absolute atomic E-state index is 13.1. The van der Waals surface area contributed by atoms with Crippen LogP contribution in [0.5, 0.6) is 0 Å². The lowest BCUT2D eigenvalue weighted by Gasteiger charge is -2.46. The van der Waals surface area contributed by atoms with Gasteiger partial charge in [0.1, 0.15) is 0 Å². The Kier molecular flexibility index (Phi) is 4.72. The van der Waals surface area contributed by atoms with Crippen molar-refractivity contribution >= 4 is 17.6 Å². The molecule has 3 heterocycles. The highest BCUT2D eigenvalue weighted by Gasteiger charge is 2.60. The Balaban J connectivity index is 1.71. The summed E-state index contributed by atoms with van der Waals surface area (Å²) < 4.78 is 4.96. The summed E-state index contributed by atoms with van der Waals surface area (Å²) >= 11 is 0. The quantitative estimate of drug-likeness (QED) is 0.788. The molecule has 5 atom stereocenters. The molecule has 0 saturated carbocycles. The summed E-state index contributed by atoms with van der Waals surface area (Å²) in [5.74, 6) is -0.475. The van der Waals surface area contributed by atoms with Gasteiger partial charge in [-0.15, -0.1) is 0 Å². The molecule has 3 aliphatic heterocycles. The van der Waals surface area contributed by atoms with Crippen LogP contribution in [0.25, 0.3) is 0 Å². The van der Waals surface area contributed by atoms with E-state index in [4.69, 9.17) is 4.74 Å². The number of nitrogens with zero attached hydrogens (tertiary/aromatic N) is 1. The molecule has 0 bridgehead atoms. The van der Waals surface area contributed by atoms with Gasteiger partial charge in [-0.2, -0.15) is 0 Å². The summed E-state index contributed by atoms with van der Waals surface area (Å²) in [7, 11) is 1.37. The molecule has 2 fully saturated rings. The van der Waals surface area contributed by atoms with Crippen LogP contribution in [0.4, 0.5) is 5.69 Å². The largest absolute Gasteiger partial charge is 0.469 e. The molecule has 2 saturated heterocycles. The van der Waals surface area contributed by atoms with E-state index in [2.05, 4.69) is 23.2 Å². The second-order valence-corrected chi connectivity index (χ2v) is 8.11. The molecule has 0 aromatic heterocycles. The number of piperidine rings is 1. The van der Waals surface area contributed by atoms with E-state index in [1.54, 1.807) is 0 Å². The molecule has 1 aromatic carbocycles. The number of para-hydroxylation sites is 1. The van der Waals surface area contributed by atoms with Gasteiger partial charge in [-0.05, 0) is 42.9 Å². The number of nitrogens with one attached hydrogen (secondary N) is 1. The van der Waals surface area contributed by atoms with Gasteiger partial charge in [0.15, 0.2) is 0 Å². The number of aliphatic hydroxyl groups is 1. The molecule has 27 heavy (non-hydrogen) atoms. The third-order valence-electron chi connectivity index (χ3n) is 7.18. The van der Waals surface area contributed by atoms with Crippen molar-refractivity contribution in [3.05, 3.63) is 29.8 Å². The van der Waals surface area contributed by atoms with E-state index in [0.717, 1.165) is 43.6 Å². The van der Waals surface area contributed by atoms with Crippen LogP contribution >= 0.6 is 0 Å². The number of hydrogen-bond acceptors (Lipinski definition) is 5. The number of fused-ring (bicyclic) bond motifs is 4. The van der Waals surface area contributed by atoms with Gasteiger partial charge in [0, 0.05) is 18.3 Å². The lowest BCUT2D eigenvalue weighted by atomic mass is 9.66. The molecule has 3 aliphatic rings. The maximum Gasteiger partial charge on any atom is 0.311 e. The number of benzene rings is 1. The highest BCUT2D eigenvalue weighted by atomic mass is 16.5. The number of hydrogen-bond donors (Lipinski definition) is 2. The maximum atomic E-state index is 13.1. The minimum atomic E-state index is -0.552. The number of ether oxygens (including phenoxy) is 1. The van der Waals surface area contributed by atoms with Crippen LogP contribution < -0.4 is 5.32 Å². The van der Waals surface area contributed by atoms with Crippen molar-refractivity contribution in [1.29, 1.82) is 0 Å². The minimum Gasteiger partial charge on any atom is -0.469 e. The molecule has 1 amide bonds. The number of methoxy groups -OCH3 is 1. The van der Waals surface area contributed by atoms with Crippen LogP contribution in [-0.2, 0) is 19.7 Å². The predicted octanol–water partition coefficient (Wildman–Crippen LogP) is 1.78. The highest BCUT2D eigenvalue weighted by Crippen LogP contribution is 2.53. The monoisotopic (exact) mass is 372 g/mol. The number of carbonyl (C=O) groups is 2. The van der Waals surface area contributed by atoms with E-state index in [0.29, 0.717) is 5.92 Å². The molecule has 0 radical (unpaired) electrons. The first kappa shape index (κ1) is 18.4. The zero-order valence-corrected chi connectivity index (χ0v) is 16.0. The molecule has 6 heteroatoms. The van der Waals surface area contributed by atoms with E-state index >= 15 is 0 Å². The Labute approximate surface area is 159 Å². The first-order valence-electron chi connectivity index (χ1n) is 9.90. The van der Waals surface area contributed by atoms with Crippen LogP contribution in [0.1, 0.15) is 31.7 Å². The highest BCUT2D eigenvalue weighted by molar-refractivity contribution is 6.07. The number of rotatable bonds is 4. The molecule has 4 rings (SSSR count). The van der Waals surface area contributed by atoms with E-state index in [-0.39, 0.29) is 30.4 Å². The Bertz CT molecular complexity index is 751. The smallest absolute Gasteiger partial charge is 0.311 e. The predicted molar refractivity (Wildman–Crippen MR) is 101 cm³/mol. The summed E-state index contributed by atoms with van der Waals surface area (Å²) in [6.07, 6.45) is 2.46. The van der Waals surface area contributed by atoms with Crippen molar-refractivity contribution in [2.45, 2.75) is 37.6 Å². The van der Waals surface area contributed by atoms with Gasteiger partial charge in [-0.25, -0.2) is 0 Å². The lowest BCUT2D eigenvalue weighted by molar-refractivity contribution is -0.151. The average Bonchev–Trinajstić information content (AvgIpc) is 3.20. The van der Waals surface area contributed by atoms with Crippen LogP contribution in [0.2, 0.25) is 0 Å². The second-order valence-electron chi connectivity index (χ2n) is 8.11. The first-order chi connectivity index (χ1) is 13.1.